The minimum atomic E-state index is -3.47. The van der Waals surface area contributed by atoms with Crippen LogP contribution >= 0.6 is 0 Å². The molecule has 0 aliphatic carbocycles. The number of rotatable bonds is 8. The van der Waals surface area contributed by atoms with Crippen molar-refractivity contribution in [1.82, 2.24) is 0 Å². The van der Waals surface area contributed by atoms with Gasteiger partial charge in [-0.25, -0.2) is 0 Å². The average Bonchev–Trinajstić information content (AvgIpc) is 2.40. The zero-order valence-corrected chi connectivity index (χ0v) is 13.2. The van der Waals surface area contributed by atoms with E-state index in [2.05, 4.69) is 4.74 Å². The van der Waals surface area contributed by atoms with Crippen molar-refractivity contribution in [2.24, 2.45) is 0 Å². The van der Waals surface area contributed by atoms with Gasteiger partial charge in [0.15, 0.2) is 0 Å². The second-order valence-corrected chi connectivity index (χ2v) is 6.29. The molecule has 0 heterocycles. The third-order valence-electron chi connectivity index (χ3n) is 2.57. The van der Waals surface area contributed by atoms with Crippen molar-refractivity contribution in [2.75, 3.05) is 20.0 Å². The Morgan fingerprint density at radius 3 is 2.57 bits per heavy atom. The predicted molar refractivity (Wildman–Crippen MR) is 77.6 cm³/mol. The van der Waals surface area contributed by atoms with E-state index in [-0.39, 0.29) is 12.6 Å². The van der Waals surface area contributed by atoms with Crippen molar-refractivity contribution < 1.29 is 26.9 Å². The minimum absolute atomic E-state index is 0.0287. The van der Waals surface area contributed by atoms with Crippen molar-refractivity contribution >= 4 is 16.1 Å². The van der Waals surface area contributed by atoms with Crippen molar-refractivity contribution in [3.05, 3.63) is 29.3 Å². The number of esters is 1. The fraction of sp³-hybridized carbons (Fsp3) is 0.500. The third kappa shape index (κ3) is 7.67. The van der Waals surface area contributed by atoms with E-state index < -0.39 is 10.1 Å². The molecule has 0 unspecified atom stereocenters. The summed E-state index contributed by atoms with van der Waals surface area (Å²) in [6, 6.07) is 5.38. The van der Waals surface area contributed by atoms with Gasteiger partial charge in [-0.2, -0.15) is 8.42 Å². The number of carbonyl (C=O) groups excluding carboxylic acids is 1. The van der Waals surface area contributed by atoms with Crippen LogP contribution in [0.5, 0.6) is 5.75 Å². The van der Waals surface area contributed by atoms with E-state index >= 15 is 0 Å². The van der Waals surface area contributed by atoms with Gasteiger partial charge in [0.1, 0.15) is 5.75 Å². The first-order valence-electron chi connectivity index (χ1n) is 6.45. The van der Waals surface area contributed by atoms with Gasteiger partial charge in [-0.15, -0.1) is 0 Å². The van der Waals surface area contributed by atoms with Crippen molar-refractivity contribution in [3.8, 4) is 5.75 Å². The lowest BCUT2D eigenvalue weighted by Crippen LogP contribution is -2.05. The molecule has 0 saturated heterocycles. The Morgan fingerprint density at radius 2 is 1.95 bits per heavy atom. The highest BCUT2D eigenvalue weighted by Gasteiger charge is 2.06. The summed E-state index contributed by atoms with van der Waals surface area (Å²) >= 11 is 0. The molecule has 0 radical (unpaired) electrons. The van der Waals surface area contributed by atoms with Gasteiger partial charge < -0.3 is 9.47 Å². The molecule has 0 fully saturated rings. The van der Waals surface area contributed by atoms with Crippen LogP contribution in [-0.4, -0.2) is 34.4 Å². The number of ether oxygens (including phenoxy) is 2. The van der Waals surface area contributed by atoms with Crippen LogP contribution in [0.3, 0.4) is 0 Å². The Labute approximate surface area is 125 Å². The molecule has 1 aromatic carbocycles. The van der Waals surface area contributed by atoms with Gasteiger partial charge in [0.2, 0.25) is 0 Å². The van der Waals surface area contributed by atoms with E-state index in [0.29, 0.717) is 30.8 Å². The van der Waals surface area contributed by atoms with Crippen molar-refractivity contribution in [1.29, 1.82) is 0 Å². The molecular formula is C14H20O6S. The molecule has 0 saturated carbocycles. The molecular weight excluding hydrogens is 296 g/mol. The summed E-state index contributed by atoms with van der Waals surface area (Å²) in [5.41, 5.74) is 1.65. The van der Waals surface area contributed by atoms with Crippen LogP contribution in [-0.2, 0) is 30.4 Å². The molecule has 0 atom stereocenters. The summed E-state index contributed by atoms with van der Waals surface area (Å²) in [7, 11) is -2.13. The second kappa shape index (κ2) is 7.99. The first kappa shape index (κ1) is 17.5. The summed E-state index contributed by atoms with van der Waals surface area (Å²) in [6.45, 7) is 2.23. The molecule has 0 aliphatic heterocycles. The summed E-state index contributed by atoms with van der Waals surface area (Å²) in [4.78, 5) is 11.0. The smallest absolute Gasteiger partial charge is 0.305 e. The van der Waals surface area contributed by atoms with Crippen LogP contribution in [0.15, 0.2) is 18.2 Å². The highest BCUT2D eigenvalue weighted by atomic mass is 32.2. The van der Waals surface area contributed by atoms with Gasteiger partial charge >= 0.3 is 5.97 Å². The van der Waals surface area contributed by atoms with Crippen LogP contribution in [0, 0.1) is 6.92 Å². The number of methoxy groups -OCH3 is 1. The van der Waals surface area contributed by atoms with Crippen molar-refractivity contribution in [2.45, 2.75) is 26.4 Å². The molecule has 0 spiro atoms. The lowest BCUT2D eigenvalue weighted by atomic mass is 10.1. The SMILES string of the molecule is COC(=O)CCCOc1cc(C)cc(COS(C)(=O)=O)c1. The standard InChI is InChI=1S/C14H20O6S/c1-11-7-12(10-20-21(3,16)17)9-13(8-11)19-6-4-5-14(15)18-2/h7-9H,4-6,10H2,1-3H3. The number of aryl methyl sites for hydroxylation is 1. The van der Waals surface area contributed by atoms with E-state index in [9.17, 15) is 13.2 Å². The first-order valence-corrected chi connectivity index (χ1v) is 8.26. The third-order valence-corrected chi connectivity index (χ3v) is 3.12. The molecule has 1 rings (SSSR count). The normalized spacial score (nSPS) is 11.2. The van der Waals surface area contributed by atoms with Crippen LogP contribution in [0.1, 0.15) is 24.0 Å². The van der Waals surface area contributed by atoms with E-state index in [0.717, 1.165) is 11.8 Å². The van der Waals surface area contributed by atoms with Gasteiger partial charge in [0.25, 0.3) is 10.1 Å². The summed E-state index contributed by atoms with van der Waals surface area (Å²) in [5.74, 6) is 0.344. The monoisotopic (exact) mass is 316 g/mol. The molecule has 0 bridgehead atoms. The minimum Gasteiger partial charge on any atom is -0.494 e. The Morgan fingerprint density at radius 1 is 1.24 bits per heavy atom. The van der Waals surface area contributed by atoms with Crippen LogP contribution in [0.2, 0.25) is 0 Å². The highest BCUT2D eigenvalue weighted by Crippen LogP contribution is 2.18. The van der Waals surface area contributed by atoms with Gasteiger partial charge in [-0.05, 0) is 36.6 Å². The van der Waals surface area contributed by atoms with E-state index in [1.807, 2.05) is 19.1 Å². The molecule has 1 aromatic rings. The fourth-order valence-electron chi connectivity index (χ4n) is 1.67. The van der Waals surface area contributed by atoms with Gasteiger partial charge in [-0.1, -0.05) is 6.07 Å². The average molecular weight is 316 g/mol. The largest absolute Gasteiger partial charge is 0.494 e. The summed E-state index contributed by atoms with van der Waals surface area (Å²) in [5, 5.41) is 0. The topological polar surface area (TPSA) is 78.9 Å². The number of hydrogen-bond acceptors (Lipinski definition) is 6. The molecule has 0 aliphatic rings. The van der Waals surface area contributed by atoms with Gasteiger partial charge in [-0.3, -0.25) is 8.98 Å². The van der Waals surface area contributed by atoms with E-state index in [1.54, 1.807) is 6.07 Å². The maximum Gasteiger partial charge on any atom is 0.305 e. The zero-order chi connectivity index (χ0) is 15.9. The Hall–Kier alpha value is -1.60. The molecule has 21 heavy (non-hydrogen) atoms. The van der Waals surface area contributed by atoms with Crippen LogP contribution in [0.25, 0.3) is 0 Å². The van der Waals surface area contributed by atoms with Crippen molar-refractivity contribution in [3.63, 3.8) is 0 Å². The zero-order valence-electron chi connectivity index (χ0n) is 12.4. The van der Waals surface area contributed by atoms with Gasteiger partial charge in [0, 0.05) is 6.42 Å². The number of benzene rings is 1. The Bertz CT molecular complexity index is 579. The lowest BCUT2D eigenvalue weighted by molar-refractivity contribution is -0.140. The summed E-state index contributed by atoms with van der Waals surface area (Å²) in [6.07, 6.45) is 1.86. The molecule has 6 nitrogen and oxygen atoms in total. The summed E-state index contributed by atoms with van der Waals surface area (Å²) < 4.78 is 36.8. The number of hydrogen-bond donors (Lipinski definition) is 0. The molecule has 0 amide bonds. The molecule has 7 heteroatoms. The molecule has 0 aromatic heterocycles. The number of carbonyl (C=O) groups is 1. The quantitative estimate of drug-likeness (QED) is 0.413. The maximum atomic E-state index is 11.0. The predicted octanol–water partition coefficient (Wildman–Crippen LogP) is 1.80. The van der Waals surface area contributed by atoms with E-state index in [1.165, 1.54) is 7.11 Å². The highest BCUT2D eigenvalue weighted by molar-refractivity contribution is 7.85. The Kier molecular flexibility index (Phi) is 6.64. The van der Waals surface area contributed by atoms with E-state index in [4.69, 9.17) is 8.92 Å². The molecule has 0 N–H and O–H groups in total. The first-order chi connectivity index (χ1) is 9.80. The molecule has 118 valence electrons. The van der Waals surface area contributed by atoms with Gasteiger partial charge in [0.05, 0.1) is 26.6 Å². The lowest BCUT2D eigenvalue weighted by Gasteiger charge is -2.09. The Balaban J connectivity index is 2.55. The van der Waals surface area contributed by atoms with Crippen LogP contribution < -0.4 is 4.74 Å². The van der Waals surface area contributed by atoms with Crippen LogP contribution in [0.4, 0.5) is 0 Å². The maximum absolute atomic E-state index is 11.0. The fourth-order valence-corrected chi connectivity index (χ4v) is 2.03. The second-order valence-electron chi connectivity index (χ2n) is 4.65.